The Morgan fingerprint density at radius 1 is 0.387 bits per heavy atom. The SMILES string of the molecule is CC1CCC(CC2CCC(C)CC2)CC1.CCC1(C)CC(C)CC(C)(C)C1.Cc1ccc(C)c(C)c1.Cc1ccc(Cc2ccc(C)cc2)cc1.Cc1ccc(Cc2ccccc2C)cc1.Cc1cccc(C)c1C. The van der Waals surface area contributed by atoms with Gasteiger partial charge >= 0.3 is 0 Å². The largest absolute Gasteiger partial charge is 0.0649 e. The summed E-state index contributed by atoms with van der Waals surface area (Å²) in [5.74, 6) is 5.16. The minimum Gasteiger partial charge on any atom is -0.0649 e. The van der Waals surface area contributed by atoms with Crippen LogP contribution in [-0.2, 0) is 12.8 Å². The fraction of sp³-hybridized carbons (Fsp3) is 0.520. The van der Waals surface area contributed by atoms with Gasteiger partial charge in [-0.15, -0.1) is 0 Å². The minimum atomic E-state index is 0.586. The Labute approximate surface area is 463 Å². The first-order valence-electron chi connectivity index (χ1n) is 29.8. The van der Waals surface area contributed by atoms with Crippen LogP contribution in [0.4, 0.5) is 0 Å². The predicted molar refractivity (Wildman–Crippen MR) is 334 cm³/mol. The van der Waals surface area contributed by atoms with Gasteiger partial charge in [-0.05, 0) is 204 Å². The van der Waals surface area contributed by atoms with Crippen molar-refractivity contribution in [2.75, 3.05) is 0 Å². The molecule has 2 atom stereocenters. The molecule has 0 bridgehead atoms. The van der Waals surface area contributed by atoms with E-state index in [9.17, 15) is 0 Å². The van der Waals surface area contributed by atoms with Gasteiger partial charge in [0.2, 0.25) is 0 Å². The van der Waals surface area contributed by atoms with Crippen LogP contribution in [0, 0.1) is 110 Å². The highest BCUT2D eigenvalue weighted by Crippen LogP contribution is 2.50. The quantitative estimate of drug-likeness (QED) is 0.150. The number of rotatable bonds is 7. The maximum Gasteiger partial charge on any atom is -0.00231 e. The van der Waals surface area contributed by atoms with Crippen LogP contribution in [0.5, 0.6) is 0 Å². The molecule has 75 heavy (non-hydrogen) atoms. The Bertz CT molecular complexity index is 2410. The molecule has 0 radical (unpaired) electrons. The zero-order valence-electron chi connectivity index (χ0n) is 51.2. The highest BCUT2D eigenvalue weighted by atomic mass is 14.4. The summed E-state index contributed by atoms with van der Waals surface area (Å²) in [5, 5.41) is 0. The number of aryl methyl sites for hydroxylation is 9. The maximum absolute atomic E-state index is 2.46. The Balaban J connectivity index is 0.000000197. The lowest BCUT2D eigenvalue weighted by Gasteiger charge is -2.45. The Kier molecular flexibility index (Phi) is 26.4. The minimum absolute atomic E-state index is 0.586. The van der Waals surface area contributed by atoms with E-state index in [4.69, 9.17) is 0 Å². The molecular weight excluding hydrogens is 901 g/mol. The van der Waals surface area contributed by atoms with Crippen LogP contribution in [0.3, 0.4) is 0 Å². The first-order valence-corrected chi connectivity index (χ1v) is 29.8. The number of benzene rings is 6. The smallest absolute Gasteiger partial charge is 0.00231 e. The summed E-state index contributed by atoms with van der Waals surface area (Å²) in [4.78, 5) is 0. The van der Waals surface area contributed by atoms with E-state index in [1.54, 1.807) is 6.42 Å². The first kappa shape index (κ1) is 62.9. The number of hydrogen-bond acceptors (Lipinski definition) is 0. The Morgan fingerprint density at radius 2 is 0.800 bits per heavy atom. The molecule has 0 amide bonds. The second kappa shape index (κ2) is 31.5. The molecule has 0 heterocycles. The van der Waals surface area contributed by atoms with Crippen LogP contribution in [0.1, 0.15) is 210 Å². The normalized spacial score (nSPS) is 21.6. The van der Waals surface area contributed by atoms with Gasteiger partial charge in [-0.1, -0.05) is 262 Å². The maximum atomic E-state index is 2.46. The van der Waals surface area contributed by atoms with Gasteiger partial charge in [0, 0.05) is 0 Å². The molecule has 3 fully saturated rings. The van der Waals surface area contributed by atoms with Crippen molar-refractivity contribution < 1.29 is 0 Å². The van der Waals surface area contributed by atoms with Gasteiger partial charge < -0.3 is 0 Å². The third-order valence-electron chi connectivity index (χ3n) is 17.4. The molecule has 9 rings (SSSR count). The van der Waals surface area contributed by atoms with Crippen LogP contribution < -0.4 is 0 Å². The highest BCUT2D eigenvalue weighted by Gasteiger charge is 2.38. The molecule has 6 aromatic rings. The van der Waals surface area contributed by atoms with Crippen molar-refractivity contribution in [3.63, 3.8) is 0 Å². The fourth-order valence-corrected chi connectivity index (χ4v) is 12.2. The zero-order valence-corrected chi connectivity index (χ0v) is 51.2. The molecule has 0 aromatic heterocycles. The standard InChI is InChI=1S/C15H28.2C15H16.C12H24.2C9H12/c2*1-12-3-7-14(8-4-12)11-15-9-5-13(2)6-10-15;1-12-7-9-14(10-8-12)11-15-6-4-3-5-13(15)2;1-6-12(5)8-10(2)7-11(3,4)9-12;1-7-4-5-8(2)9(3)6-7;1-7-5-4-6-8(2)9(7)3/h12-15H,3-11H2,1-2H3;2*3-10H,11H2,1-2H3;10H,6-9H2,1-5H3;2*4-6H,1-3H3. The van der Waals surface area contributed by atoms with Crippen LogP contribution in [0.15, 0.2) is 133 Å². The topological polar surface area (TPSA) is 0 Å². The molecule has 6 aromatic carbocycles. The summed E-state index contributed by atoms with van der Waals surface area (Å²) < 4.78 is 0. The molecule has 0 N–H and O–H groups in total. The summed E-state index contributed by atoms with van der Waals surface area (Å²) in [6.07, 6.45) is 21.4. The monoisotopic (exact) mass is 1010 g/mol. The zero-order chi connectivity index (χ0) is 55.1. The molecule has 3 aliphatic carbocycles. The van der Waals surface area contributed by atoms with Gasteiger partial charge in [0.15, 0.2) is 0 Å². The molecule has 3 saturated carbocycles. The highest BCUT2D eigenvalue weighted by molar-refractivity contribution is 5.34. The molecular formula is C75H108. The Hall–Kier alpha value is -4.68. The van der Waals surface area contributed by atoms with Gasteiger partial charge in [-0.3, -0.25) is 0 Å². The second-order valence-corrected chi connectivity index (χ2v) is 25.8. The third kappa shape index (κ3) is 24.0. The van der Waals surface area contributed by atoms with Gasteiger partial charge in [0.05, 0.1) is 0 Å². The van der Waals surface area contributed by atoms with E-state index in [2.05, 4.69) is 251 Å². The van der Waals surface area contributed by atoms with E-state index >= 15 is 0 Å². The van der Waals surface area contributed by atoms with Crippen molar-refractivity contribution in [3.05, 3.63) is 211 Å². The van der Waals surface area contributed by atoms with E-state index in [0.29, 0.717) is 10.8 Å². The average Bonchev–Trinajstić information content (AvgIpc) is 3.36. The van der Waals surface area contributed by atoms with E-state index in [-0.39, 0.29) is 0 Å². The van der Waals surface area contributed by atoms with Crippen molar-refractivity contribution in [1.82, 2.24) is 0 Å². The van der Waals surface area contributed by atoms with Gasteiger partial charge in [0.25, 0.3) is 0 Å². The van der Waals surface area contributed by atoms with Crippen molar-refractivity contribution in [1.29, 1.82) is 0 Å². The second-order valence-electron chi connectivity index (χ2n) is 25.8. The molecule has 408 valence electrons. The number of hydrogen-bond donors (Lipinski definition) is 0. The van der Waals surface area contributed by atoms with Crippen LogP contribution >= 0.6 is 0 Å². The molecule has 0 nitrogen and oxygen atoms in total. The van der Waals surface area contributed by atoms with Crippen LogP contribution in [0.2, 0.25) is 0 Å². The van der Waals surface area contributed by atoms with E-state index in [1.807, 2.05) is 0 Å². The van der Waals surface area contributed by atoms with Crippen molar-refractivity contribution >= 4 is 0 Å². The van der Waals surface area contributed by atoms with Crippen molar-refractivity contribution in [2.24, 2.45) is 40.4 Å². The molecule has 2 unspecified atom stereocenters. The summed E-state index contributed by atoms with van der Waals surface area (Å²) in [5.41, 5.74) is 20.4. The molecule has 0 saturated heterocycles. The third-order valence-corrected chi connectivity index (χ3v) is 17.4. The van der Waals surface area contributed by atoms with Gasteiger partial charge in [-0.2, -0.15) is 0 Å². The predicted octanol–water partition coefficient (Wildman–Crippen LogP) is 22.3. The molecule has 0 aliphatic heterocycles. The first-order chi connectivity index (χ1) is 35.5. The van der Waals surface area contributed by atoms with Crippen LogP contribution in [-0.4, -0.2) is 0 Å². The van der Waals surface area contributed by atoms with Gasteiger partial charge in [0.1, 0.15) is 0 Å². The van der Waals surface area contributed by atoms with E-state index < -0.39 is 0 Å². The Morgan fingerprint density at radius 3 is 1.19 bits per heavy atom. The van der Waals surface area contributed by atoms with E-state index in [1.165, 1.54) is 155 Å². The summed E-state index contributed by atoms with van der Waals surface area (Å²) >= 11 is 0. The van der Waals surface area contributed by atoms with E-state index in [0.717, 1.165) is 42.4 Å². The lowest BCUT2D eigenvalue weighted by molar-refractivity contribution is 0.0581. The average molecular weight is 1010 g/mol. The van der Waals surface area contributed by atoms with Crippen LogP contribution in [0.25, 0.3) is 0 Å². The lowest BCUT2D eigenvalue weighted by Crippen LogP contribution is -2.34. The summed E-state index contributed by atoms with van der Waals surface area (Å²) in [6, 6.07) is 47.7. The molecule has 0 heteroatoms. The summed E-state index contributed by atoms with van der Waals surface area (Å²) in [6.45, 7) is 38.3. The van der Waals surface area contributed by atoms with Crippen molar-refractivity contribution in [2.45, 2.75) is 214 Å². The molecule has 0 spiro atoms. The van der Waals surface area contributed by atoms with Gasteiger partial charge in [-0.25, -0.2) is 0 Å². The summed E-state index contributed by atoms with van der Waals surface area (Å²) in [7, 11) is 0. The molecule has 3 aliphatic rings. The van der Waals surface area contributed by atoms with Crippen molar-refractivity contribution in [3.8, 4) is 0 Å². The lowest BCUT2D eigenvalue weighted by atomic mass is 9.60. The fourth-order valence-electron chi connectivity index (χ4n) is 12.2.